The van der Waals surface area contributed by atoms with Crippen LogP contribution in [0.25, 0.3) is 0 Å². The Hall–Kier alpha value is -2.75. The molecule has 0 spiro atoms. The fourth-order valence-electron chi connectivity index (χ4n) is 3.11. The molecule has 0 aliphatic carbocycles. The Bertz CT molecular complexity index is 1040. The van der Waals surface area contributed by atoms with Crippen LogP contribution in [0.15, 0.2) is 42.5 Å². The SMILES string of the molecule is Cc1ccc(OCCNC(=O)CCCN(c2cccc(C(F)(F)F)c2)S(C)(=O)=O)c(C)c1. The molecule has 0 heterocycles. The molecule has 0 saturated heterocycles. The van der Waals surface area contributed by atoms with Crippen LogP contribution in [0.5, 0.6) is 5.75 Å². The van der Waals surface area contributed by atoms with E-state index in [0.717, 1.165) is 45.6 Å². The van der Waals surface area contributed by atoms with Crippen molar-refractivity contribution in [3.8, 4) is 5.75 Å². The summed E-state index contributed by atoms with van der Waals surface area (Å²) < 4.78 is 69.5. The van der Waals surface area contributed by atoms with Gasteiger partial charge in [0.2, 0.25) is 15.9 Å². The molecule has 0 aliphatic heterocycles. The van der Waals surface area contributed by atoms with Gasteiger partial charge in [0.25, 0.3) is 0 Å². The molecular formula is C22H27F3N2O4S. The minimum absolute atomic E-state index is 0.0224. The van der Waals surface area contributed by atoms with Crippen LogP contribution in [0, 0.1) is 13.8 Å². The van der Waals surface area contributed by atoms with Gasteiger partial charge < -0.3 is 10.1 Å². The van der Waals surface area contributed by atoms with E-state index in [1.54, 1.807) is 0 Å². The van der Waals surface area contributed by atoms with Crippen LogP contribution in [0.4, 0.5) is 18.9 Å². The molecule has 0 aliphatic rings. The average Bonchev–Trinajstić information content (AvgIpc) is 2.68. The molecule has 1 amide bonds. The van der Waals surface area contributed by atoms with Crippen LogP contribution < -0.4 is 14.4 Å². The van der Waals surface area contributed by atoms with Crippen molar-refractivity contribution in [3.05, 3.63) is 59.2 Å². The molecule has 176 valence electrons. The van der Waals surface area contributed by atoms with Gasteiger partial charge >= 0.3 is 6.18 Å². The molecule has 2 aromatic rings. The highest BCUT2D eigenvalue weighted by Crippen LogP contribution is 2.32. The summed E-state index contributed by atoms with van der Waals surface area (Å²) in [6.07, 6.45) is -3.50. The van der Waals surface area contributed by atoms with Gasteiger partial charge in [-0.3, -0.25) is 9.10 Å². The monoisotopic (exact) mass is 472 g/mol. The number of anilines is 1. The lowest BCUT2D eigenvalue weighted by molar-refractivity contribution is -0.137. The second kappa shape index (κ2) is 10.7. The van der Waals surface area contributed by atoms with Gasteiger partial charge in [0.15, 0.2) is 0 Å². The molecule has 0 saturated carbocycles. The number of hydrogen-bond donors (Lipinski definition) is 1. The second-order valence-electron chi connectivity index (χ2n) is 7.45. The summed E-state index contributed by atoms with van der Waals surface area (Å²) in [5.74, 6) is 0.432. The summed E-state index contributed by atoms with van der Waals surface area (Å²) in [6.45, 7) is 4.34. The van der Waals surface area contributed by atoms with Crippen LogP contribution in [0.1, 0.15) is 29.5 Å². The second-order valence-corrected chi connectivity index (χ2v) is 9.36. The summed E-state index contributed by atoms with van der Waals surface area (Å²) in [5.41, 5.74) is 1.08. The van der Waals surface area contributed by atoms with Gasteiger partial charge in [0.05, 0.1) is 24.1 Å². The van der Waals surface area contributed by atoms with Crippen molar-refractivity contribution in [1.29, 1.82) is 0 Å². The number of nitrogens with zero attached hydrogens (tertiary/aromatic N) is 1. The molecule has 2 rings (SSSR count). The fourth-order valence-corrected chi connectivity index (χ4v) is 4.07. The molecular weight excluding hydrogens is 445 g/mol. The zero-order valence-corrected chi connectivity index (χ0v) is 19.0. The quantitative estimate of drug-likeness (QED) is 0.529. The van der Waals surface area contributed by atoms with Gasteiger partial charge in [-0.2, -0.15) is 13.2 Å². The maximum absolute atomic E-state index is 13.0. The number of benzene rings is 2. The minimum Gasteiger partial charge on any atom is -0.491 e. The molecule has 0 atom stereocenters. The highest BCUT2D eigenvalue weighted by Gasteiger charge is 2.31. The van der Waals surface area contributed by atoms with Gasteiger partial charge in [-0.1, -0.05) is 23.8 Å². The third-order valence-corrected chi connectivity index (χ3v) is 5.83. The topological polar surface area (TPSA) is 75.7 Å². The summed E-state index contributed by atoms with van der Waals surface area (Å²) in [6, 6.07) is 9.88. The number of hydrogen-bond acceptors (Lipinski definition) is 4. The fraction of sp³-hybridized carbons (Fsp3) is 0.409. The van der Waals surface area contributed by atoms with Crippen molar-refractivity contribution in [2.45, 2.75) is 32.9 Å². The van der Waals surface area contributed by atoms with Crippen molar-refractivity contribution in [2.75, 3.05) is 30.3 Å². The number of amides is 1. The van der Waals surface area contributed by atoms with E-state index in [4.69, 9.17) is 4.74 Å². The molecule has 32 heavy (non-hydrogen) atoms. The number of rotatable bonds is 10. The van der Waals surface area contributed by atoms with Crippen molar-refractivity contribution in [2.24, 2.45) is 0 Å². The molecule has 1 N–H and O–H groups in total. The molecule has 0 aromatic heterocycles. The smallest absolute Gasteiger partial charge is 0.416 e. The first-order chi connectivity index (χ1) is 14.9. The maximum Gasteiger partial charge on any atom is 0.416 e. The molecule has 6 nitrogen and oxygen atoms in total. The number of nitrogens with one attached hydrogen (secondary N) is 1. The zero-order valence-electron chi connectivity index (χ0n) is 18.2. The first kappa shape index (κ1) is 25.5. The Morgan fingerprint density at radius 1 is 1.12 bits per heavy atom. The molecule has 0 radical (unpaired) electrons. The Labute approximate surface area is 186 Å². The Balaban J connectivity index is 1.84. The van der Waals surface area contributed by atoms with E-state index < -0.39 is 21.8 Å². The number of carbonyl (C=O) groups is 1. The zero-order chi connectivity index (χ0) is 23.9. The van der Waals surface area contributed by atoms with E-state index in [1.807, 2.05) is 32.0 Å². The van der Waals surface area contributed by atoms with Gasteiger partial charge in [0.1, 0.15) is 12.4 Å². The number of ether oxygens (including phenoxy) is 1. The largest absolute Gasteiger partial charge is 0.491 e. The highest BCUT2D eigenvalue weighted by atomic mass is 32.2. The minimum atomic E-state index is -4.59. The van der Waals surface area contributed by atoms with Crippen molar-refractivity contribution in [1.82, 2.24) is 5.32 Å². The predicted molar refractivity (Wildman–Crippen MR) is 117 cm³/mol. The number of alkyl halides is 3. The van der Waals surface area contributed by atoms with Crippen molar-refractivity contribution >= 4 is 21.6 Å². The van der Waals surface area contributed by atoms with E-state index in [9.17, 15) is 26.4 Å². The van der Waals surface area contributed by atoms with E-state index in [2.05, 4.69) is 5.32 Å². The first-order valence-corrected chi connectivity index (χ1v) is 11.8. The average molecular weight is 473 g/mol. The Morgan fingerprint density at radius 3 is 2.47 bits per heavy atom. The van der Waals surface area contributed by atoms with Gasteiger partial charge in [-0.15, -0.1) is 0 Å². The Morgan fingerprint density at radius 2 is 1.84 bits per heavy atom. The molecule has 0 bridgehead atoms. The van der Waals surface area contributed by atoms with Gasteiger partial charge in [0, 0.05) is 13.0 Å². The van der Waals surface area contributed by atoms with Crippen LogP contribution in [0.3, 0.4) is 0 Å². The van der Waals surface area contributed by atoms with E-state index in [0.29, 0.717) is 0 Å². The summed E-state index contributed by atoms with van der Waals surface area (Å²) in [4.78, 5) is 12.0. The first-order valence-electron chi connectivity index (χ1n) is 9.99. The van der Waals surface area contributed by atoms with Crippen molar-refractivity contribution in [3.63, 3.8) is 0 Å². The lowest BCUT2D eigenvalue weighted by Crippen LogP contribution is -2.33. The van der Waals surface area contributed by atoms with Gasteiger partial charge in [-0.05, 0) is 50.1 Å². The van der Waals surface area contributed by atoms with E-state index in [1.165, 1.54) is 6.07 Å². The summed E-state index contributed by atoms with van der Waals surface area (Å²) in [7, 11) is -3.82. The molecule has 2 aromatic carbocycles. The molecule has 0 fully saturated rings. The lowest BCUT2D eigenvalue weighted by atomic mass is 10.1. The van der Waals surface area contributed by atoms with Crippen LogP contribution in [-0.2, 0) is 21.0 Å². The standard InChI is InChI=1S/C22H27F3N2O4S/c1-16-9-10-20(17(2)14-16)31-13-11-26-21(28)8-5-12-27(32(3,29)30)19-7-4-6-18(15-19)22(23,24)25/h4,6-7,9-10,14-15H,5,8,11-13H2,1-3H3,(H,26,28). The highest BCUT2D eigenvalue weighted by molar-refractivity contribution is 7.92. The normalized spacial score (nSPS) is 11.8. The van der Waals surface area contributed by atoms with Crippen LogP contribution in [0.2, 0.25) is 0 Å². The number of aryl methyl sites for hydroxylation is 2. The molecule has 10 heteroatoms. The van der Waals surface area contributed by atoms with Crippen LogP contribution in [-0.4, -0.2) is 40.3 Å². The maximum atomic E-state index is 13.0. The number of carbonyl (C=O) groups excluding carboxylic acids is 1. The van der Waals surface area contributed by atoms with E-state index in [-0.39, 0.29) is 44.1 Å². The van der Waals surface area contributed by atoms with Crippen LogP contribution >= 0.6 is 0 Å². The van der Waals surface area contributed by atoms with E-state index >= 15 is 0 Å². The van der Waals surface area contributed by atoms with Crippen molar-refractivity contribution < 1.29 is 31.1 Å². The lowest BCUT2D eigenvalue weighted by Gasteiger charge is -2.23. The number of halogens is 3. The summed E-state index contributed by atoms with van der Waals surface area (Å²) in [5, 5.41) is 2.68. The third kappa shape index (κ3) is 7.74. The Kier molecular flexibility index (Phi) is 8.54. The molecule has 0 unspecified atom stereocenters. The number of sulfonamides is 1. The summed E-state index contributed by atoms with van der Waals surface area (Å²) >= 11 is 0. The third-order valence-electron chi connectivity index (χ3n) is 4.64. The predicted octanol–water partition coefficient (Wildman–Crippen LogP) is 4.06. The van der Waals surface area contributed by atoms with Gasteiger partial charge in [-0.25, -0.2) is 8.42 Å².